The van der Waals surface area contributed by atoms with Gasteiger partial charge in [0.05, 0.1) is 11.0 Å². The highest BCUT2D eigenvalue weighted by Crippen LogP contribution is 2.40. The third-order valence-corrected chi connectivity index (χ3v) is 5.18. The van der Waals surface area contributed by atoms with Crippen molar-refractivity contribution >= 4 is 11.8 Å². The molecule has 1 atom stereocenters. The molecule has 2 amide bonds. The van der Waals surface area contributed by atoms with Crippen LogP contribution >= 0.6 is 0 Å². The van der Waals surface area contributed by atoms with E-state index in [9.17, 15) is 14.4 Å². The molecule has 1 aromatic heterocycles. The predicted octanol–water partition coefficient (Wildman–Crippen LogP) is 0.639. The summed E-state index contributed by atoms with van der Waals surface area (Å²) < 4.78 is 0. The zero-order valence-electron chi connectivity index (χ0n) is 13.9. The Balaban J connectivity index is 1.87. The van der Waals surface area contributed by atoms with E-state index in [-0.39, 0.29) is 17.4 Å². The zero-order valence-corrected chi connectivity index (χ0v) is 13.9. The molecule has 0 bridgehead atoms. The Kier molecular flexibility index (Phi) is 3.91. The maximum Gasteiger partial charge on any atom is 0.266 e. The standard InChI is InChI=1S/C17H20N4O3/c1-11-13(8-12(9-18)14(22)19-11)15(23)21-7-5-17(10-21)4-3-6-20(2)16(17)24/h8H,3-7,10H2,1-2H3,(H,19,22)/t17-/m1/s1. The van der Waals surface area contributed by atoms with Crippen LogP contribution in [-0.2, 0) is 4.79 Å². The first-order valence-electron chi connectivity index (χ1n) is 8.07. The Bertz CT molecular complexity index is 807. The molecule has 2 fully saturated rings. The monoisotopic (exact) mass is 328 g/mol. The van der Waals surface area contributed by atoms with E-state index < -0.39 is 11.0 Å². The summed E-state index contributed by atoms with van der Waals surface area (Å²) in [6.45, 7) is 3.31. The number of nitrogens with one attached hydrogen (secondary N) is 1. The number of nitriles is 1. The van der Waals surface area contributed by atoms with Gasteiger partial charge in [0.1, 0.15) is 11.6 Å². The first-order chi connectivity index (χ1) is 11.4. The van der Waals surface area contributed by atoms with E-state index in [0.29, 0.717) is 30.8 Å². The summed E-state index contributed by atoms with van der Waals surface area (Å²) in [4.78, 5) is 43.0. The summed E-state index contributed by atoms with van der Waals surface area (Å²) in [7, 11) is 1.80. The largest absolute Gasteiger partial charge is 0.345 e. The molecule has 1 spiro atoms. The molecule has 3 heterocycles. The van der Waals surface area contributed by atoms with Crippen LogP contribution < -0.4 is 5.56 Å². The van der Waals surface area contributed by atoms with Gasteiger partial charge in [-0.05, 0) is 32.3 Å². The summed E-state index contributed by atoms with van der Waals surface area (Å²) in [5.74, 6) is -0.127. The number of H-pyrrole nitrogens is 1. The lowest BCUT2D eigenvalue weighted by Crippen LogP contribution is -2.48. The van der Waals surface area contributed by atoms with Crippen molar-refractivity contribution in [1.82, 2.24) is 14.8 Å². The van der Waals surface area contributed by atoms with Crippen LogP contribution in [0.15, 0.2) is 10.9 Å². The van der Waals surface area contributed by atoms with Crippen LogP contribution in [0, 0.1) is 23.7 Å². The highest BCUT2D eigenvalue weighted by molar-refractivity contribution is 5.96. The zero-order chi connectivity index (χ0) is 17.5. The number of likely N-dealkylation sites (tertiary alicyclic amines) is 2. The van der Waals surface area contributed by atoms with E-state index in [1.165, 1.54) is 6.07 Å². The fraction of sp³-hybridized carbons (Fsp3) is 0.529. The van der Waals surface area contributed by atoms with E-state index in [1.54, 1.807) is 29.8 Å². The molecule has 2 aliphatic heterocycles. The van der Waals surface area contributed by atoms with E-state index in [1.807, 2.05) is 0 Å². The van der Waals surface area contributed by atoms with Crippen molar-refractivity contribution in [1.29, 1.82) is 5.26 Å². The molecule has 0 unspecified atom stereocenters. The molecule has 3 rings (SSSR count). The molecule has 1 N–H and O–H groups in total. The van der Waals surface area contributed by atoms with Gasteiger partial charge in [0.2, 0.25) is 5.91 Å². The fourth-order valence-electron chi connectivity index (χ4n) is 3.79. The molecule has 1 aromatic rings. The SMILES string of the molecule is Cc1[nH]c(=O)c(C#N)cc1C(=O)N1CC[C@]2(CCCN(C)C2=O)C1. The molecule has 7 heteroatoms. The van der Waals surface area contributed by atoms with E-state index in [2.05, 4.69) is 4.98 Å². The van der Waals surface area contributed by atoms with Gasteiger partial charge in [0.15, 0.2) is 0 Å². The fourth-order valence-corrected chi connectivity index (χ4v) is 3.79. The summed E-state index contributed by atoms with van der Waals surface area (Å²) in [6, 6.07) is 3.15. The number of amides is 2. The third-order valence-electron chi connectivity index (χ3n) is 5.18. The second-order valence-corrected chi connectivity index (χ2v) is 6.75. The van der Waals surface area contributed by atoms with Crippen molar-refractivity contribution < 1.29 is 9.59 Å². The molecule has 2 saturated heterocycles. The molecule has 0 saturated carbocycles. The number of hydrogen-bond donors (Lipinski definition) is 1. The summed E-state index contributed by atoms with van der Waals surface area (Å²) in [5.41, 5.74) is -0.284. The Labute approximate surface area is 139 Å². The van der Waals surface area contributed by atoms with Crippen LogP contribution in [-0.4, -0.2) is 53.3 Å². The minimum absolute atomic E-state index is 0.0775. The summed E-state index contributed by atoms with van der Waals surface area (Å²) in [5, 5.41) is 9.00. The Morgan fingerprint density at radius 2 is 2.08 bits per heavy atom. The average Bonchev–Trinajstić information content (AvgIpc) is 2.97. The van der Waals surface area contributed by atoms with Crippen LogP contribution in [0.4, 0.5) is 0 Å². The van der Waals surface area contributed by atoms with Crippen LogP contribution in [0.3, 0.4) is 0 Å². The van der Waals surface area contributed by atoms with Crippen LogP contribution in [0.1, 0.15) is 40.9 Å². The van der Waals surface area contributed by atoms with Gasteiger partial charge >= 0.3 is 0 Å². The minimum atomic E-state index is -0.492. The number of aryl methyl sites for hydroxylation is 1. The number of nitrogens with zero attached hydrogens (tertiary/aromatic N) is 3. The molecule has 2 aliphatic rings. The molecular formula is C17H20N4O3. The third kappa shape index (κ3) is 2.48. The highest BCUT2D eigenvalue weighted by atomic mass is 16.2. The minimum Gasteiger partial charge on any atom is -0.345 e. The number of carbonyl (C=O) groups is 2. The highest BCUT2D eigenvalue weighted by Gasteiger charge is 2.48. The average molecular weight is 328 g/mol. The van der Waals surface area contributed by atoms with Gasteiger partial charge in [0.25, 0.3) is 11.5 Å². The summed E-state index contributed by atoms with van der Waals surface area (Å²) >= 11 is 0. The van der Waals surface area contributed by atoms with E-state index in [0.717, 1.165) is 19.4 Å². The smallest absolute Gasteiger partial charge is 0.266 e. The van der Waals surface area contributed by atoms with Crippen molar-refractivity contribution in [3.8, 4) is 6.07 Å². The maximum atomic E-state index is 12.8. The number of rotatable bonds is 1. The van der Waals surface area contributed by atoms with Gasteiger partial charge in [-0.2, -0.15) is 5.26 Å². The predicted molar refractivity (Wildman–Crippen MR) is 86.3 cm³/mol. The number of pyridine rings is 1. The number of aromatic amines is 1. The van der Waals surface area contributed by atoms with Crippen LogP contribution in [0.2, 0.25) is 0 Å². The second-order valence-electron chi connectivity index (χ2n) is 6.75. The summed E-state index contributed by atoms with van der Waals surface area (Å²) in [6.07, 6.45) is 2.41. The topological polar surface area (TPSA) is 97.3 Å². The molecule has 0 aliphatic carbocycles. The molecule has 24 heavy (non-hydrogen) atoms. The second kappa shape index (κ2) is 5.78. The Morgan fingerprint density at radius 3 is 2.79 bits per heavy atom. The number of hydrogen-bond acceptors (Lipinski definition) is 4. The van der Waals surface area contributed by atoms with Gasteiger partial charge in [0, 0.05) is 32.4 Å². The van der Waals surface area contributed by atoms with Crippen molar-refractivity contribution in [2.75, 3.05) is 26.7 Å². The van der Waals surface area contributed by atoms with Crippen LogP contribution in [0.25, 0.3) is 0 Å². The first-order valence-corrected chi connectivity index (χ1v) is 8.07. The molecule has 0 aromatic carbocycles. The normalized spacial score (nSPS) is 23.6. The quantitative estimate of drug-likeness (QED) is 0.818. The molecule has 126 valence electrons. The molecular weight excluding hydrogens is 308 g/mol. The van der Waals surface area contributed by atoms with Crippen molar-refractivity contribution in [2.45, 2.75) is 26.2 Å². The van der Waals surface area contributed by atoms with Crippen molar-refractivity contribution in [2.24, 2.45) is 5.41 Å². The lowest BCUT2D eigenvalue weighted by Gasteiger charge is -2.37. The van der Waals surface area contributed by atoms with E-state index >= 15 is 0 Å². The lowest BCUT2D eigenvalue weighted by molar-refractivity contribution is -0.143. The van der Waals surface area contributed by atoms with Gasteiger partial charge < -0.3 is 14.8 Å². The number of piperidine rings is 1. The van der Waals surface area contributed by atoms with Gasteiger partial charge in [-0.15, -0.1) is 0 Å². The maximum absolute atomic E-state index is 12.8. The number of carbonyl (C=O) groups excluding carboxylic acids is 2. The lowest BCUT2D eigenvalue weighted by atomic mass is 9.78. The Hall–Kier alpha value is -2.62. The van der Waals surface area contributed by atoms with Gasteiger partial charge in [-0.3, -0.25) is 14.4 Å². The first kappa shape index (κ1) is 16.2. The molecule has 7 nitrogen and oxygen atoms in total. The van der Waals surface area contributed by atoms with Gasteiger partial charge in [-0.1, -0.05) is 0 Å². The van der Waals surface area contributed by atoms with Crippen molar-refractivity contribution in [3.05, 3.63) is 33.2 Å². The Morgan fingerprint density at radius 1 is 1.33 bits per heavy atom. The van der Waals surface area contributed by atoms with Crippen LogP contribution in [0.5, 0.6) is 0 Å². The number of aromatic nitrogens is 1. The molecule has 0 radical (unpaired) electrons. The van der Waals surface area contributed by atoms with Crippen molar-refractivity contribution in [3.63, 3.8) is 0 Å². The van der Waals surface area contributed by atoms with Gasteiger partial charge in [-0.25, -0.2) is 0 Å². The van der Waals surface area contributed by atoms with E-state index in [4.69, 9.17) is 5.26 Å².